The molecule has 1 atom stereocenters. The number of unbranched alkanes of at least 4 members (excludes halogenated alkanes) is 2. The first-order valence-corrected chi connectivity index (χ1v) is 8.06. The molecule has 112 valence electrons. The fraction of sp³-hybridized carbons (Fsp3) is 0.750. The molecule has 20 heavy (non-hydrogen) atoms. The predicted octanol–water partition coefficient (Wildman–Crippen LogP) is 2.94. The third-order valence-electron chi connectivity index (χ3n) is 4.21. The summed E-state index contributed by atoms with van der Waals surface area (Å²) in [5, 5.41) is 0. The Balaban J connectivity index is 1.96. The highest BCUT2D eigenvalue weighted by atomic mass is 16.2. The molecular weight excluding hydrogens is 250 g/mol. The van der Waals surface area contributed by atoms with Crippen LogP contribution in [0.25, 0.3) is 0 Å². The maximum absolute atomic E-state index is 12.7. The van der Waals surface area contributed by atoms with Gasteiger partial charge in [0.1, 0.15) is 0 Å². The first-order valence-electron chi connectivity index (χ1n) is 8.06. The van der Waals surface area contributed by atoms with Crippen molar-refractivity contribution in [2.45, 2.75) is 58.8 Å². The van der Waals surface area contributed by atoms with Crippen LogP contribution < -0.4 is 0 Å². The van der Waals surface area contributed by atoms with E-state index in [9.17, 15) is 4.79 Å². The summed E-state index contributed by atoms with van der Waals surface area (Å²) in [4.78, 5) is 22.3. The number of carbonyl (C=O) groups is 1. The minimum Gasteiger partial charge on any atom is -0.348 e. The molecule has 0 fully saturated rings. The zero-order valence-electron chi connectivity index (χ0n) is 12.8. The molecular formula is C16H27N3O. The van der Waals surface area contributed by atoms with Gasteiger partial charge in [-0.2, -0.15) is 0 Å². The molecule has 0 spiro atoms. The highest BCUT2D eigenvalue weighted by molar-refractivity contribution is 5.79. The Morgan fingerprint density at radius 1 is 1.35 bits per heavy atom. The summed E-state index contributed by atoms with van der Waals surface area (Å²) in [6.07, 6.45) is 8.98. The molecule has 1 aliphatic carbocycles. The predicted molar refractivity (Wildman–Crippen MR) is 80.5 cm³/mol. The van der Waals surface area contributed by atoms with E-state index in [0.717, 1.165) is 63.7 Å². The number of hydrogen-bond acceptors (Lipinski definition) is 2. The molecule has 4 heteroatoms. The van der Waals surface area contributed by atoms with E-state index in [4.69, 9.17) is 0 Å². The lowest BCUT2D eigenvalue weighted by Crippen LogP contribution is -2.39. The number of H-pyrrole nitrogens is 1. The van der Waals surface area contributed by atoms with Crippen molar-refractivity contribution >= 4 is 5.91 Å². The summed E-state index contributed by atoms with van der Waals surface area (Å²) in [5.41, 5.74) is 2.32. The SMILES string of the molecule is CCCCN(CCCC)C(=O)C1CCc2nc[nH]c2C1. The standard InChI is InChI=1S/C16H27N3O/c1-3-5-9-19(10-6-4-2)16(20)13-7-8-14-15(11-13)18-12-17-14/h12-13H,3-11H2,1-2H3,(H,17,18). The molecule has 0 saturated heterocycles. The summed E-state index contributed by atoms with van der Waals surface area (Å²) < 4.78 is 0. The van der Waals surface area contributed by atoms with Crippen molar-refractivity contribution in [2.75, 3.05) is 13.1 Å². The van der Waals surface area contributed by atoms with E-state index in [0.29, 0.717) is 5.91 Å². The largest absolute Gasteiger partial charge is 0.348 e. The van der Waals surface area contributed by atoms with Crippen LogP contribution >= 0.6 is 0 Å². The average Bonchev–Trinajstić information content (AvgIpc) is 2.94. The average molecular weight is 277 g/mol. The maximum atomic E-state index is 12.7. The van der Waals surface area contributed by atoms with Crippen LogP contribution in [0.4, 0.5) is 0 Å². The number of imidazole rings is 1. The lowest BCUT2D eigenvalue weighted by atomic mass is 9.88. The third kappa shape index (κ3) is 3.62. The Hall–Kier alpha value is -1.32. The van der Waals surface area contributed by atoms with Crippen molar-refractivity contribution in [1.82, 2.24) is 14.9 Å². The van der Waals surface area contributed by atoms with Gasteiger partial charge in [-0.05, 0) is 25.7 Å². The van der Waals surface area contributed by atoms with Crippen LogP contribution in [-0.4, -0.2) is 33.9 Å². The summed E-state index contributed by atoms with van der Waals surface area (Å²) in [5.74, 6) is 0.504. The number of fused-ring (bicyclic) bond motifs is 1. The molecule has 0 bridgehead atoms. The highest BCUT2D eigenvalue weighted by Gasteiger charge is 2.29. The molecule has 0 aromatic carbocycles. The number of rotatable bonds is 7. The number of nitrogens with zero attached hydrogens (tertiary/aromatic N) is 2. The number of aromatic amines is 1. The Labute approximate surface area is 122 Å². The molecule has 0 aliphatic heterocycles. The van der Waals surface area contributed by atoms with E-state index in [-0.39, 0.29) is 5.92 Å². The van der Waals surface area contributed by atoms with Gasteiger partial charge in [-0.25, -0.2) is 4.98 Å². The van der Waals surface area contributed by atoms with Crippen LogP contribution in [0, 0.1) is 5.92 Å². The second-order valence-electron chi connectivity index (χ2n) is 5.80. The van der Waals surface area contributed by atoms with Gasteiger partial charge in [-0.15, -0.1) is 0 Å². The van der Waals surface area contributed by atoms with Gasteiger partial charge in [0.15, 0.2) is 0 Å². The first kappa shape index (κ1) is 15.1. The Kier molecular flexibility index (Phi) is 5.62. The molecule has 1 aliphatic rings. The van der Waals surface area contributed by atoms with E-state index in [1.807, 2.05) is 0 Å². The molecule has 1 amide bonds. The summed E-state index contributed by atoms with van der Waals surface area (Å²) in [6, 6.07) is 0. The second-order valence-corrected chi connectivity index (χ2v) is 5.80. The van der Waals surface area contributed by atoms with Gasteiger partial charge in [0, 0.05) is 31.1 Å². The second kappa shape index (κ2) is 7.46. The molecule has 0 saturated carbocycles. The topological polar surface area (TPSA) is 49.0 Å². The van der Waals surface area contributed by atoms with Crippen LogP contribution in [-0.2, 0) is 17.6 Å². The zero-order chi connectivity index (χ0) is 14.4. The fourth-order valence-corrected chi connectivity index (χ4v) is 2.90. The van der Waals surface area contributed by atoms with Gasteiger partial charge >= 0.3 is 0 Å². The molecule has 1 unspecified atom stereocenters. The minimum atomic E-state index is 0.150. The third-order valence-corrected chi connectivity index (χ3v) is 4.21. The highest BCUT2D eigenvalue weighted by Crippen LogP contribution is 2.24. The minimum absolute atomic E-state index is 0.150. The lowest BCUT2D eigenvalue weighted by molar-refractivity contribution is -0.136. The summed E-state index contributed by atoms with van der Waals surface area (Å²) in [6.45, 7) is 6.20. The van der Waals surface area contributed by atoms with Gasteiger partial charge in [-0.1, -0.05) is 26.7 Å². The Morgan fingerprint density at radius 3 is 2.70 bits per heavy atom. The van der Waals surface area contributed by atoms with E-state index < -0.39 is 0 Å². The molecule has 0 radical (unpaired) electrons. The van der Waals surface area contributed by atoms with Crippen LogP contribution in [0.15, 0.2) is 6.33 Å². The molecule has 1 aromatic rings. The molecule has 4 nitrogen and oxygen atoms in total. The smallest absolute Gasteiger partial charge is 0.226 e. The monoisotopic (exact) mass is 277 g/mol. The lowest BCUT2D eigenvalue weighted by Gasteiger charge is -2.29. The van der Waals surface area contributed by atoms with Crippen LogP contribution in [0.1, 0.15) is 57.3 Å². The number of hydrogen-bond donors (Lipinski definition) is 1. The first-order chi connectivity index (χ1) is 9.76. The van der Waals surface area contributed by atoms with Crippen molar-refractivity contribution in [1.29, 1.82) is 0 Å². The van der Waals surface area contributed by atoms with Crippen molar-refractivity contribution in [3.8, 4) is 0 Å². The van der Waals surface area contributed by atoms with Crippen LogP contribution in [0.3, 0.4) is 0 Å². The van der Waals surface area contributed by atoms with E-state index in [2.05, 4.69) is 28.7 Å². The van der Waals surface area contributed by atoms with Gasteiger partial charge in [0.2, 0.25) is 5.91 Å². The van der Waals surface area contributed by atoms with Crippen LogP contribution in [0.2, 0.25) is 0 Å². The van der Waals surface area contributed by atoms with Crippen LogP contribution in [0.5, 0.6) is 0 Å². The number of nitrogens with one attached hydrogen (secondary N) is 1. The van der Waals surface area contributed by atoms with Crippen molar-refractivity contribution in [2.24, 2.45) is 5.92 Å². The van der Waals surface area contributed by atoms with Crippen molar-refractivity contribution < 1.29 is 4.79 Å². The number of aryl methyl sites for hydroxylation is 1. The fourth-order valence-electron chi connectivity index (χ4n) is 2.90. The summed E-state index contributed by atoms with van der Waals surface area (Å²) in [7, 11) is 0. The van der Waals surface area contributed by atoms with Gasteiger partial charge in [-0.3, -0.25) is 4.79 Å². The quantitative estimate of drug-likeness (QED) is 0.833. The number of carbonyl (C=O) groups excluding carboxylic acids is 1. The molecule has 1 heterocycles. The Bertz CT molecular complexity index is 419. The van der Waals surface area contributed by atoms with Gasteiger partial charge in [0.05, 0.1) is 12.0 Å². The maximum Gasteiger partial charge on any atom is 0.226 e. The van der Waals surface area contributed by atoms with E-state index in [1.54, 1.807) is 6.33 Å². The number of aromatic nitrogens is 2. The normalized spacial score (nSPS) is 17.8. The summed E-state index contributed by atoms with van der Waals surface area (Å²) >= 11 is 0. The van der Waals surface area contributed by atoms with Gasteiger partial charge in [0.25, 0.3) is 0 Å². The zero-order valence-corrected chi connectivity index (χ0v) is 12.8. The number of amides is 1. The van der Waals surface area contributed by atoms with Crippen molar-refractivity contribution in [3.63, 3.8) is 0 Å². The van der Waals surface area contributed by atoms with Gasteiger partial charge < -0.3 is 9.88 Å². The molecule has 2 rings (SSSR count). The Morgan fingerprint density at radius 2 is 2.05 bits per heavy atom. The molecule has 1 N–H and O–H groups in total. The van der Waals surface area contributed by atoms with E-state index in [1.165, 1.54) is 5.69 Å². The molecule has 1 aromatic heterocycles. The van der Waals surface area contributed by atoms with E-state index >= 15 is 0 Å². The van der Waals surface area contributed by atoms with Crippen molar-refractivity contribution in [3.05, 3.63) is 17.7 Å².